The van der Waals surface area contributed by atoms with Gasteiger partial charge in [-0.2, -0.15) is 0 Å². The van der Waals surface area contributed by atoms with Crippen LogP contribution in [0.5, 0.6) is 5.75 Å². The maximum absolute atomic E-state index is 11.1. The van der Waals surface area contributed by atoms with Crippen molar-refractivity contribution in [1.29, 1.82) is 0 Å². The van der Waals surface area contributed by atoms with Crippen LogP contribution in [-0.2, 0) is 4.79 Å². The van der Waals surface area contributed by atoms with Crippen molar-refractivity contribution in [3.8, 4) is 5.75 Å². The smallest absolute Gasteiger partial charge is 0.326 e. The van der Waals surface area contributed by atoms with Crippen LogP contribution in [0.1, 0.15) is 31.6 Å². The van der Waals surface area contributed by atoms with E-state index in [1.54, 1.807) is 7.11 Å². The van der Waals surface area contributed by atoms with Gasteiger partial charge in [0.05, 0.1) is 12.6 Å². The van der Waals surface area contributed by atoms with E-state index >= 15 is 0 Å². The summed E-state index contributed by atoms with van der Waals surface area (Å²) in [6.07, 6.45) is 0. The molecule has 0 amide bonds. The largest absolute Gasteiger partial charge is 0.497 e. The average molecular weight is 262 g/mol. The highest BCUT2D eigenvalue weighted by Crippen LogP contribution is 2.30. The molecular formula is C14H18N2O3. The number of nitrogens with two attached hydrogens (primary N) is 1. The van der Waals surface area contributed by atoms with Gasteiger partial charge in [-0.3, -0.25) is 4.79 Å². The summed E-state index contributed by atoms with van der Waals surface area (Å²) < 4.78 is 7.15. The van der Waals surface area contributed by atoms with E-state index in [-0.39, 0.29) is 6.04 Å². The zero-order chi connectivity index (χ0) is 14.2. The van der Waals surface area contributed by atoms with Gasteiger partial charge in [0.1, 0.15) is 11.8 Å². The van der Waals surface area contributed by atoms with Crippen LogP contribution in [0.25, 0.3) is 10.9 Å². The summed E-state index contributed by atoms with van der Waals surface area (Å²) in [6.45, 7) is 3.99. The summed E-state index contributed by atoms with van der Waals surface area (Å²) in [4.78, 5) is 11.1. The van der Waals surface area contributed by atoms with Crippen molar-refractivity contribution in [2.24, 2.45) is 5.73 Å². The summed E-state index contributed by atoms with van der Waals surface area (Å²) in [7, 11) is 1.60. The van der Waals surface area contributed by atoms with Crippen molar-refractivity contribution in [2.75, 3.05) is 7.11 Å². The van der Waals surface area contributed by atoms with E-state index in [2.05, 4.69) is 0 Å². The fourth-order valence-corrected chi connectivity index (χ4v) is 2.29. The number of rotatable bonds is 4. The molecule has 3 N–H and O–H groups in total. The second kappa shape index (κ2) is 4.93. The Bertz CT molecular complexity index is 616. The average Bonchev–Trinajstić information content (AvgIpc) is 2.75. The van der Waals surface area contributed by atoms with Gasteiger partial charge >= 0.3 is 5.97 Å². The fourth-order valence-electron chi connectivity index (χ4n) is 2.29. The van der Waals surface area contributed by atoms with Gasteiger partial charge in [0, 0.05) is 23.2 Å². The molecule has 0 radical (unpaired) electrons. The number of benzene rings is 1. The fraction of sp³-hybridized carbons (Fsp3) is 0.357. The van der Waals surface area contributed by atoms with Crippen molar-refractivity contribution in [2.45, 2.75) is 25.9 Å². The number of carbonyl (C=O) groups is 1. The highest BCUT2D eigenvalue weighted by molar-refractivity contribution is 5.85. The Morgan fingerprint density at radius 2 is 2.05 bits per heavy atom. The number of hydrogen-bond donors (Lipinski definition) is 2. The van der Waals surface area contributed by atoms with E-state index < -0.39 is 12.0 Å². The summed E-state index contributed by atoms with van der Waals surface area (Å²) in [5.74, 6) is -0.292. The summed E-state index contributed by atoms with van der Waals surface area (Å²) in [5.41, 5.74) is 7.29. The number of nitrogens with zero attached hydrogens (tertiary/aromatic N) is 1. The molecule has 1 heterocycles. The highest BCUT2D eigenvalue weighted by Gasteiger charge is 2.22. The molecule has 1 aromatic carbocycles. The van der Waals surface area contributed by atoms with Crippen molar-refractivity contribution in [1.82, 2.24) is 4.57 Å². The van der Waals surface area contributed by atoms with Crippen molar-refractivity contribution in [3.05, 3.63) is 30.0 Å². The highest BCUT2D eigenvalue weighted by atomic mass is 16.5. The maximum atomic E-state index is 11.1. The second-order valence-electron chi connectivity index (χ2n) is 4.77. The number of fused-ring (bicyclic) bond motifs is 1. The first kappa shape index (κ1) is 13.4. The van der Waals surface area contributed by atoms with Crippen molar-refractivity contribution in [3.63, 3.8) is 0 Å². The topological polar surface area (TPSA) is 77.5 Å². The number of carboxylic acid groups (broad SMARTS) is 1. The Morgan fingerprint density at radius 1 is 1.37 bits per heavy atom. The molecule has 2 aromatic rings. The molecular weight excluding hydrogens is 244 g/mol. The zero-order valence-electron chi connectivity index (χ0n) is 11.3. The minimum absolute atomic E-state index is 0.116. The van der Waals surface area contributed by atoms with E-state index in [4.69, 9.17) is 15.6 Å². The molecule has 5 nitrogen and oxygen atoms in total. The molecule has 0 bridgehead atoms. The quantitative estimate of drug-likeness (QED) is 0.886. The monoisotopic (exact) mass is 262 g/mol. The molecule has 0 saturated heterocycles. The number of carboxylic acids is 1. The van der Waals surface area contributed by atoms with Gasteiger partial charge in [-0.25, -0.2) is 0 Å². The van der Waals surface area contributed by atoms with Crippen molar-refractivity contribution < 1.29 is 14.6 Å². The lowest BCUT2D eigenvalue weighted by atomic mass is 10.2. The third-order valence-corrected chi connectivity index (χ3v) is 3.18. The van der Waals surface area contributed by atoms with Crippen LogP contribution in [0, 0.1) is 0 Å². The molecule has 0 aliphatic heterocycles. The Balaban J connectivity index is 2.70. The van der Waals surface area contributed by atoms with Crippen LogP contribution in [0.2, 0.25) is 0 Å². The van der Waals surface area contributed by atoms with Gasteiger partial charge < -0.3 is 20.1 Å². The van der Waals surface area contributed by atoms with Gasteiger partial charge in [0.25, 0.3) is 0 Å². The molecule has 5 heteroatoms. The van der Waals surface area contributed by atoms with E-state index in [1.165, 1.54) is 0 Å². The minimum Gasteiger partial charge on any atom is -0.497 e. The number of aliphatic carboxylic acids is 1. The Morgan fingerprint density at radius 3 is 2.58 bits per heavy atom. The van der Waals surface area contributed by atoms with Gasteiger partial charge in [0.15, 0.2) is 0 Å². The van der Waals surface area contributed by atoms with Crippen LogP contribution >= 0.6 is 0 Å². The third-order valence-electron chi connectivity index (χ3n) is 3.18. The molecule has 102 valence electrons. The molecule has 0 fully saturated rings. The summed E-state index contributed by atoms with van der Waals surface area (Å²) >= 11 is 0. The maximum Gasteiger partial charge on any atom is 0.326 e. The predicted octanol–water partition coefficient (Wildman–Crippen LogP) is 2.32. The van der Waals surface area contributed by atoms with Gasteiger partial charge in [-0.15, -0.1) is 0 Å². The molecule has 2 rings (SSSR count). The number of hydrogen-bond acceptors (Lipinski definition) is 3. The lowest BCUT2D eigenvalue weighted by Gasteiger charge is -2.17. The van der Waals surface area contributed by atoms with Crippen molar-refractivity contribution >= 4 is 16.9 Å². The molecule has 0 aliphatic carbocycles. The van der Waals surface area contributed by atoms with Gasteiger partial charge in [-0.1, -0.05) is 0 Å². The molecule has 0 saturated carbocycles. The zero-order valence-corrected chi connectivity index (χ0v) is 11.3. The van der Waals surface area contributed by atoms with E-state index in [0.717, 1.165) is 16.7 Å². The van der Waals surface area contributed by atoms with Crippen LogP contribution < -0.4 is 10.5 Å². The third kappa shape index (κ3) is 2.29. The molecule has 0 aliphatic rings. The van der Waals surface area contributed by atoms with Gasteiger partial charge in [0.2, 0.25) is 0 Å². The van der Waals surface area contributed by atoms with Crippen LogP contribution in [0.15, 0.2) is 24.3 Å². The minimum atomic E-state index is -1.03. The Hall–Kier alpha value is -2.01. The lowest BCUT2D eigenvalue weighted by Crippen LogP contribution is -2.24. The second-order valence-corrected chi connectivity index (χ2v) is 4.77. The Labute approximate surface area is 111 Å². The van der Waals surface area contributed by atoms with Gasteiger partial charge in [-0.05, 0) is 32.0 Å². The predicted molar refractivity (Wildman–Crippen MR) is 73.4 cm³/mol. The summed E-state index contributed by atoms with van der Waals surface area (Å²) in [5, 5.41) is 10.1. The molecule has 1 aromatic heterocycles. The van der Waals surface area contributed by atoms with E-state index in [0.29, 0.717) is 5.69 Å². The van der Waals surface area contributed by atoms with E-state index in [1.807, 2.05) is 42.7 Å². The first-order chi connectivity index (χ1) is 8.95. The van der Waals surface area contributed by atoms with Crippen LogP contribution in [0.4, 0.5) is 0 Å². The summed E-state index contributed by atoms with van der Waals surface area (Å²) in [6, 6.07) is 6.57. The molecule has 0 spiro atoms. The molecule has 1 atom stereocenters. The molecule has 19 heavy (non-hydrogen) atoms. The first-order valence-electron chi connectivity index (χ1n) is 6.13. The van der Waals surface area contributed by atoms with Crippen LogP contribution in [-0.4, -0.2) is 22.8 Å². The lowest BCUT2D eigenvalue weighted by molar-refractivity contribution is -0.138. The molecule has 1 unspecified atom stereocenters. The SMILES string of the molecule is COc1ccc2cc(C(N)C(=O)O)n(C(C)C)c2c1. The number of aromatic nitrogens is 1. The van der Waals surface area contributed by atoms with Crippen LogP contribution in [0.3, 0.4) is 0 Å². The number of ether oxygens (including phenoxy) is 1. The first-order valence-corrected chi connectivity index (χ1v) is 6.13. The van der Waals surface area contributed by atoms with E-state index in [9.17, 15) is 4.79 Å². The number of methoxy groups -OCH3 is 1. The Kier molecular flexibility index (Phi) is 3.48. The standard InChI is InChI=1S/C14H18N2O3/c1-8(2)16-11-7-10(19-3)5-4-9(11)6-12(16)13(15)14(17)18/h4-8,13H,15H2,1-3H3,(H,17,18). The normalized spacial score (nSPS) is 12.9.